The van der Waals surface area contributed by atoms with Gasteiger partial charge in [-0.3, -0.25) is 14.9 Å². The van der Waals surface area contributed by atoms with Gasteiger partial charge in [-0.05, 0) is 30.7 Å². The number of amides is 1. The summed E-state index contributed by atoms with van der Waals surface area (Å²) in [4.78, 5) is 25.1. The fourth-order valence-corrected chi connectivity index (χ4v) is 2.69. The monoisotopic (exact) mass is 373 g/mol. The van der Waals surface area contributed by atoms with Crippen LogP contribution in [-0.2, 0) is 0 Å². The highest BCUT2D eigenvalue weighted by Gasteiger charge is 2.20. The van der Waals surface area contributed by atoms with Gasteiger partial charge in [0.2, 0.25) is 0 Å². The van der Waals surface area contributed by atoms with Crippen molar-refractivity contribution in [3.63, 3.8) is 0 Å². The summed E-state index contributed by atoms with van der Waals surface area (Å²) in [7, 11) is 6.64. The minimum Gasteiger partial charge on any atom is -0.493 e. The Hall–Kier alpha value is -3.29. The maximum Gasteiger partial charge on any atom is 0.270 e. The second-order valence-electron chi connectivity index (χ2n) is 6.16. The standard InChI is InChI=1S/C19H23N3O5/c1-12(13-6-9-17(26-4)18(10-13)27-5)20-19(23)15-11-14(22(24)25)7-8-16(15)21(2)3/h6-12H,1-5H3,(H,20,23). The van der Waals surface area contributed by atoms with Crippen LogP contribution in [0.1, 0.15) is 28.9 Å². The number of rotatable bonds is 7. The number of carbonyl (C=O) groups is 1. The molecule has 0 aliphatic carbocycles. The number of carbonyl (C=O) groups excluding carboxylic acids is 1. The third kappa shape index (κ3) is 4.46. The van der Waals surface area contributed by atoms with Crippen molar-refractivity contribution in [2.45, 2.75) is 13.0 Å². The first-order valence-corrected chi connectivity index (χ1v) is 8.27. The lowest BCUT2D eigenvalue weighted by atomic mass is 10.1. The average Bonchev–Trinajstić information content (AvgIpc) is 2.66. The highest BCUT2D eigenvalue weighted by atomic mass is 16.6. The number of benzene rings is 2. The topological polar surface area (TPSA) is 93.9 Å². The van der Waals surface area contributed by atoms with E-state index in [-0.39, 0.29) is 17.3 Å². The van der Waals surface area contributed by atoms with Crippen LogP contribution in [0.3, 0.4) is 0 Å². The fraction of sp³-hybridized carbons (Fsp3) is 0.316. The molecule has 0 saturated heterocycles. The highest BCUT2D eigenvalue weighted by Crippen LogP contribution is 2.30. The Labute approximate surface area is 157 Å². The average molecular weight is 373 g/mol. The van der Waals surface area contributed by atoms with Gasteiger partial charge in [0.05, 0.1) is 30.7 Å². The Balaban J connectivity index is 2.31. The molecule has 27 heavy (non-hydrogen) atoms. The van der Waals surface area contributed by atoms with Crippen LogP contribution in [0.15, 0.2) is 36.4 Å². The third-order valence-corrected chi connectivity index (χ3v) is 4.17. The smallest absolute Gasteiger partial charge is 0.270 e. The molecule has 1 amide bonds. The van der Waals surface area contributed by atoms with Gasteiger partial charge in [0.15, 0.2) is 11.5 Å². The largest absolute Gasteiger partial charge is 0.493 e. The first-order chi connectivity index (χ1) is 12.8. The van der Waals surface area contributed by atoms with Crippen LogP contribution in [0, 0.1) is 10.1 Å². The molecule has 8 heteroatoms. The number of nitrogens with one attached hydrogen (secondary N) is 1. The predicted octanol–water partition coefficient (Wildman–Crippen LogP) is 3.17. The van der Waals surface area contributed by atoms with Crippen molar-refractivity contribution in [2.75, 3.05) is 33.2 Å². The summed E-state index contributed by atoms with van der Waals surface area (Å²) < 4.78 is 10.5. The van der Waals surface area contributed by atoms with Crippen molar-refractivity contribution < 1.29 is 19.2 Å². The molecule has 0 fully saturated rings. The number of hydrogen-bond donors (Lipinski definition) is 1. The quantitative estimate of drug-likeness (QED) is 0.592. The van der Waals surface area contributed by atoms with Crippen molar-refractivity contribution in [1.82, 2.24) is 5.32 Å². The van der Waals surface area contributed by atoms with E-state index in [0.717, 1.165) is 5.56 Å². The van der Waals surface area contributed by atoms with Crippen molar-refractivity contribution >= 4 is 17.3 Å². The van der Waals surface area contributed by atoms with Gasteiger partial charge in [0, 0.05) is 31.9 Å². The van der Waals surface area contributed by atoms with Crippen molar-refractivity contribution in [2.24, 2.45) is 0 Å². The Morgan fingerprint density at radius 2 is 1.78 bits per heavy atom. The molecule has 0 saturated carbocycles. The zero-order chi connectivity index (χ0) is 20.1. The number of hydrogen-bond acceptors (Lipinski definition) is 6. The zero-order valence-corrected chi connectivity index (χ0v) is 16.0. The molecule has 0 spiro atoms. The highest BCUT2D eigenvalue weighted by molar-refractivity contribution is 6.00. The molecule has 0 aliphatic rings. The molecular weight excluding hydrogens is 350 g/mol. The molecule has 2 aromatic carbocycles. The van der Waals surface area contributed by atoms with Crippen LogP contribution in [0.2, 0.25) is 0 Å². The number of non-ortho nitro benzene ring substituents is 1. The lowest BCUT2D eigenvalue weighted by Crippen LogP contribution is -2.28. The van der Waals surface area contributed by atoms with Gasteiger partial charge in [0.25, 0.3) is 11.6 Å². The molecule has 8 nitrogen and oxygen atoms in total. The van der Waals surface area contributed by atoms with Gasteiger partial charge < -0.3 is 19.7 Å². The van der Waals surface area contributed by atoms with Crippen molar-refractivity contribution in [1.29, 1.82) is 0 Å². The number of methoxy groups -OCH3 is 2. The van der Waals surface area contributed by atoms with E-state index in [2.05, 4.69) is 5.32 Å². The van der Waals surface area contributed by atoms with Gasteiger partial charge in [-0.15, -0.1) is 0 Å². The molecule has 1 N–H and O–H groups in total. The molecule has 144 valence electrons. The van der Waals surface area contributed by atoms with Crippen LogP contribution < -0.4 is 19.7 Å². The number of nitro groups is 1. The molecule has 1 unspecified atom stereocenters. The van der Waals surface area contributed by atoms with E-state index in [1.807, 2.05) is 13.0 Å². The minimum absolute atomic E-state index is 0.135. The Morgan fingerprint density at radius 1 is 1.11 bits per heavy atom. The zero-order valence-electron chi connectivity index (χ0n) is 16.0. The maximum absolute atomic E-state index is 12.8. The van der Waals surface area contributed by atoms with Crippen LogP contribution >= 0.6 is 0 Å². The summed E-state index contributed by atoms with van der Waals surface area (Å²) in [6.45, 7) is 1.83. The van der Waals surface area contributed by atoms with Gasteiger partial charge in [0.1, 0.15) is 0 Å². The van der Waals surface area contributed by atoms with Gasteiger partial charge >= 0.3 is 0 Å². The fourth-order valence-electron chi connectivity index (χ4n) is 2.69. The maximum atomic E-state index is 12.8. The van der Waals surface area contributed by atoms with E-state index < -0.39 is 10.8 Å². The summed E-state index contributed by atoms with van der Waals surface area (Å²) in [6.07, 6.45) is 0. The molecule has 0 radical (unpaired) electrons. The molecule has 0 heterocycles. The van der Waals surface area contributed by atoms with Gasteiger partial charge in [-0.2, -0.15) is 0 Å². The first-order valence-electron chi connectivity index (χ1n) is 8.27. The van der Waals surface area contributed by atoms with Crippen molar-refractivity contribution in [3.05, 3.63) is 57.6 Å². The van der Waals surface area contributed by atoms with Gasteiger partial charge in [-0.1, -0.05) is 6.07 Å². The van der Waals surface area contributed by atoms with E-state index in [0.29, 0.717) is 17.2 Å². The molecule has 0 aliphatic heterocycles. The Kier molecular flexibility index (Phi) is 6.23. The normalized spacial score (nSPS) is 11.4. The number of ether oxygens (including phenoxy) is 2. The molecule has 0 bridgehead atoms. The summed E-state index contributed by atoms with van der Waals surface area (Å²) >= 11 is 0. The number of nitro benzene ring substituents is 1. The third-order valence-electron chi connectivity index (χ3n) is 4.17. The summed E-state index contributed by atoms with van der Waals surface area (Å²) in [5, 5.41) is 13.9. The minimum atomic E-state index is -0.520. The van der Waals surface area contributed by atoms with E-state index in [1.54, 1.807) is 44.3 Å². The van der Waals surface area contributed by atoms with Crippen LogP contribution in [0.4, 0.5) is 11.4 Å². The molecular formula is C19H23N3O5. The summed E-state index contributed by atoms with van der Waals surface area (Å²) in [5.41, 5.74) is 1.52. The lowest BCUT2D eigenvalue weighted by Gasteiger charge is -2.20. The summed E-state index contributed by atoms with van der Waals surface area (Å²) in [6, 6.07) is 9.25. The summed E-state index contributed by atoms with van der Waals surface area (Å²) in [5.74, 6) is 0.749. The molecule has 2 rings (SSSR count). The number of nitrogens with zero attached hydrogens (tertiary/aromatic N) is 2. The second-order valence-corrected chi connectivity index (χ2v) is 6.16. The Bertz CT molecular complexity index is 851. The van der Waals surface area contributed by atoms with Crippen LogP contribution in [0.5, 0.6) is 11.5 Å². The Morgan fingerprint density at radius 3 is 2.33 bits per heavy atom. The van der Waals surface area contributed by atoms with Gasteiger partial charge in [-0.25, -0.2) is 0 Å². The van der Waals surface area contributed by atoms with E-state index >= 15 is 0 Å². The van der Waals surface area contributed by atoms with E-state index in [4.69, 9.17) is 9.47 Å². The SMILES string of the molecule is COc1ccc(C(C)NC(=O)c2cc([N+](=O)[O-])ccc2N(C)C)cc1OC. The molecule has 1 atom stereocenters. The predicted molar refractivity (Wildman–Crippen MR) is 103 cm³/mol. The van der Waals surface area contributed by atoms with Crippen LogP contribution in [0.25, 0.3) is 0 Å². The number of anilines is 1. The van der Waals surface area contributed by atoms with E-state index in [1.165, 1.54) is 19.2 Å². The first kappa shape index (κ1) is 20.0. The van der Waals surface area contributed by atoms with Crippen LogP contribution in [-0.4, -0.2) is 39.1 Å². The van der Waals surface area contributed by atoms with E-state index in [9.17, 15) is 14.9 Å². The second kappa shape index (κ2) is 8.39. The van der Waals surface area contributed by atoms with Crippen molar-refractivity contribution in [3.8, 4) is 11.5 Å². The lowest BCUT2D eigenvalue weighted by molar-refractivity contribution is -0.384. The molecule has 2 aromatic rings. The molecule has 0 aromatic heterocycles.